The summed E-state index contributed by atoms with van der Waals surface area (Å²) in [5, 5.41) is 0.292. The fraction of sp³-hybridized carbons (Fsp3) is 0. The van der Waals surface area contributed by atoms with Crippen LogP contribution in [0.5, 0.6) is 0 Å². The normalized spacial score (nSPS) is 16.5. The van der Waals surface area contributed by atoms with E-state index in [1.807, 2.05) is 24.3 Å². The van der Waals surface area contributed by atoms with Crippen LogP contribution in [0.2, 0.25) is 10.0 Å². The Labute approximate surface area is 155 Å². The number of thioether (sulfide) groups is 1. The highest BCUT2D eigenvalue weighted by Crippen LogP contribution is 2.37. The molecule has 0 spiro atoms. The molecule has 1 fully saturated rings. The van der Waals surface area contributed by atoms with Crippen LogP contribution in [0, 0.1) is 0 Å². The van der Waals surface area contributed by atoms with Crippen molar-refractivity contribution in [1.29, 1.82) is 0 Å². The largest absolute Gasteiger partial charge is 0.298 e. The highest BCUT2D eigenvalue weighted by molar-refractivity contribution is 9.10. The second kappa shape index (κ2) is 6.69. The predicted molar refractivity (Wildman–Crippen MR) is 99.1 cm³/mol. The Kier molecular flexibility index (Phi) is 4.82. The van der Waals surface area contributed by atoms with Crippen molar-refractivity contribution in [3.05, 3.63) is 67.5 Å². The Bertz CT molecular complexity index is 854. The van der Waals surface area contributed by atoms with Gasteiger partial charge in [0.2, 0.25) is 0 Å². The Hall–Kier alpha value is -1.27. The first-order chi connectivity index (χ1) is 11.0. The van der Waals surface area contributed by atoms with Gasteiger partial charge in [-0.1, -0.05) is 51.3 Å². The van der Waals surface area contributed by atoms with Crippen molar-refractivity contribution in [1.82, 2.24) is 0 Å². The number of amides is 2. The molecule has 1 aliphatic heterocycles. The number of carbonyl (C=O) groups is 2. The summed E-state index contributed by atoms with van der Waals surface area (Å²) in [5.41, 5.74) is 1.23. The average molecular weight is 429 g/mol. The van der Waals surface area contributed by atoms with Crippen LogP contribution in [-0.2, 0) is 4.79 Å². The topological polar surface area (TPSA) is 37.4 Å². The summed E-state index contributed by atoms with van der Waals surface area (Å²) in [7, 11) is 0. The van der Waals surface area contributed by atoms with E-state index in [0.717, 1.165) is 26.7 Å². The lowest BCUT2D eigenvalue weighted by Gasteiger charge is -2.13. The third kappa shape index (κ3) is 3.48. The van der Waals surface area contributed by atoms with E-state index in [9.17, 15) is 9.59 Å². The molecule has 7 heteroatoms. The minimum atomic E-state index is -0.377. The maximum atomic E-state index is 12.5. The van der Waals surface area contributed by atoms with Crippen LogP contribution in [0.3, 0.4) is 0 Å². The van der Waals surface area contributed by atoms with Crippen molar-refractivity contribution in [2.24, 2.45) is 0 Å². The zero-order valence-corrected chi connectivity index (χ0v) is 15.3. The van der Waals surface area contributed by atoms with E-state index in [4.69, 9.17) is 23.2 Å². The van der Waals surface area contributed by atoms with Gasteiger partial charge in [-0.25, -0.2) is 4.90 Å². The molecule has 2 amide bonds. The van der Waals surface area contributed by atoms with Crippen LogP contribution in [0.25, 0.3) is 6.08 Å². The summed E-state index contributed by atoms with van der Waals surface area (Å²) in [6, 6.07) is 12.1. The van der Waals surface area contributed by atoms with Gasteiger partial charge in [0.05, 0.1) is 20.6 Å². The molecule has 3 nitrogen and oxygen atoms in total. The molecule has 2 aromatic carbocycles. The standard InChI is InChI=1S/C16H8BrCl2NO2S/c17-10-3-1-2-9(6-10)7-14-15(21)20(16(22)23-14)11-4-5-12(18)13(19)8-11/h1-8H/b14-7-. The van der Waals surface area contributed by atoms with Gasteiger partial charge in [-0.2, -0.15) is 0 Å². The van der Waals surface area contributed by atoms with Gasteiger partial charge in [0.25, 0.3) is 11.1 Å². The van der Waals surface area contributed by atoms with E-state index in [1.54, 1.807) is 18.2 Å². The molecule has 1 saturated heterocycles. The summed E-state index contributed by atoms with van der Waals surface area (Å²) in [6.45, 7) is 0. The lowest BCUT2D eigenvalue weighted by atomic mass is 10.2. The Balaban J connectivity index is 1.95. The maximum Gasteiger partial charge on any atom is 0.298 e. The number of rotatable bonds is 2. The second-order valence-corrected chi connectivity index (χ2v) is 7.39. The Morgan fingerprint density at radius 2 is 1.83 bits per heavy atom. The van der Waals surface area contributed by atoms with Crippen LogP contribution in [0.1, 0.15) is 5.56 Å². The number of halogens is 3. The third-order valence-electron chi connectivity index (χ3n) is 3.10. The van der Waals surface area contributed by atoms with Crippen LogP contribution >= 0.6 is 50.9 Å². The maximum absolute atomic E-state index is 12.5. The second-order valence-electron chi connectivity index (χ2n) is 4.67. The lowest BCUT2D eigenvalue weighted by Crippen LogP contribution is -2.27. The van der Waals surface area contributed by atoms with Crippen molar-refractivity contribution in [3.8, 4) is 0 Å². The molecular weight excluding hydrogens is 421 g/mol. The van der Waals surface area contributed by atoms with E-state index in [0.29, 0.717) is 20.6 Å². The minimum Gasteiger partial charge on any atom is -0.268 e. The van der Waals surface area contributed by atoms with Gasteiger partial charge in [0.1, 0.15) is 0 Å². The van der Waals surface area contributed by atoms with Crippen molar-refractivity contribution in [3.63, 3.8) is 0 Å². The average Bonchev–Trinajstić information content (AvgIpc) is 2.77. The van der Waals surface area contributed by atoms with E-state index < -0.39 is 0 Å². The van der Waals surface area contributed by atoms with Crippen LogP contribution < -0.4 is 4.90 Å². The number of carbonyl (C=O) groups excluding carboxylic acids is 2. The Morgan fingerprint density at radius 1 is 1.04 bits per heavy atom. The third-order valence-corrected chi connectivity index (χ3v) is 5.20. The predicted octanol–water partition coefficient (Wildman–Crippen LogP) is 6.00. The number of anilines is 1. The first kappa shape index (κ1) is 16.6. The monoisotopic (exact) mass is 427 g/mol. The molecule has 1 heterocycles. The number of benzene rings is 2. The van der Waals surface area contributed by atoms with E-state index in [2.05, 4.69) is 15.9 Å². The highest BCUT2D eigenvalue weighted by atomic mass is 79.9. The van der Waals surface area contributed by atoms with Crippen LogP contribution in [-0.4, -0.2) is 11.1 Å². The number of imide groups is 1. The van der Waals surface area contributed by atoms with E-state index in [-0.39, 0.29) is 11.1 Å². The van der Waals surface area contributed by atoms with Gasteiger partial charge in [0.15, 0.2) is 0 Å². The van der Waals surface area contributed by atoms with Gasteiger partial charge in [-0.15, -0.1) is 0 Å². The van der Waals surface area contributed by atoms with Gasteiger partial charge in [0, 0.05) is 4.47 Å². The number of hydrogen-bond acceptors (Lipinski definition) is 3. The van der Waals surface area contributed by atoms with Gasteiger partial charge in [-0.05, 0) is 53.7 Å². The SMILES string of the molecule is O=C1S/C(=C\c2cccc(Br)c2)C(=O)N1c1ccc(Cl)c(Cl)c1. The first-order valence-electron chi connectivity index (χ1n) is 6.44. The molecule has 3 rings (SSSR count). The van der Waals surface area contributed by atoms with Crippen molar-refractivity contribution in [2.45, 2.75) is 0 Å². The first-order valence-corrected chi connectivity index (χ1v) is 8.81. The van der Waals surface area contributed by atoms with Gasteiger partial charge >= 0.3 is 0 Å². The molecule has 0 atom stereocenters. The van der Waals surface area contributed by atoms with Gasteiger partial charge in [-0.3, -0.25) is 9.59 Å². The molecule has 0 saturated carbocycles. The molecule has 0 unspecified atom stereocenters. The van der Waals surface area contributed by atoms with E-state index >= 15 is 0 Å². The van der Waals surface area contributed by atoms with Crippen molar-refractivity contribution >= 4 is 73.8 Å². The molecule has 0 aromatic heterocycles. The molecule has 0 radical (unpaired) electrons. The summed E-state index contributed by atoms with van der Waals surface area (Å²) in [5.74, 6) is -0.377. The summed E-state index contributed by atoms with van der Waals surface area (Å²) >= 11 is 16.1. The molecule has 0 aliphatic carbocycles. The summed E-state index contributed by atoms with van der Waals surface area (Å²) in [6.07, 6.45) is 1.69. The number of nitrogens with zero attached hydrogens (tertiary/aromatic N) is 1. The van der Waals surface area contributed by atoms with Crippen LogP contribution in [0.4, 0.5) is 10.5 Å². The molecule has 2 aromatic rings. The van der Waals surface area contributed by atoms with Gasteiger partial charge < -0.3 is 0 Å². The summed E-state index contributed by atoms with van der Waals surface area (Å²) in [4.78, 5) is 26.2. The quantitative estimate of drug-likeness (QED) is 0.550. The van der Waals surface area contributed by atoms with Crippen LogP contribution in [0.15, 0.2) is 51.8 Å². The smallest absolute Gasteiger partial charge is 0.268 e. The molecule has 23 heavy (non-hydrogen) atoms. The fourth-order valence-corrected chi connectivity index (χ4v) is 3.61. The molecular formula is C16H8BrCl2NO2S. The highest BCUT2D eigenvalue weighted by Gasteiger charge is 2.36. The zero-order chi connectivity index (χ0) is 16.6. The lowest BCUT2D eigenvalue weighted by molar-refractivity contribution is -0.113. The molecule has 0 bridgehead atoms. The zero-order valence-electron chi connectivity index (χ0n) is 11.4. The molecule has 1 aliphatic rings. The minimum absolute atomic E-state index is 0.291. The van der Waals surface area contributed by atoms with Crippen molar-refractivity contribution < 1.29 is 9.59 Å². The fourth-order valence-electron chi connectivity index (χ4n) is 2.06. The Morgan fingerprint density at radius 3 is 2.52 bits per heavy atom. The molecule has 116 valence electrons. The summed E-state index contributed by atoms with van der Waals surface area (Å²) < 4.78 is 0.898. The van der Waals surface area contributed by atoms with Crippen molar-refractivity contribution in [2.75, 3.05) is 4.90 Å². The van der Waals surface area contributed by atoms with E-state index in [1.165, 1.54) is 6.07 Å². The number of hydrogen-bond donors (Lipinski definition) is 0. The molecule has 0 N–H and O–H groups in total.